The van der Waals surface area contributed by atoms with Gasteiger partial charge in [0.15, 0.2) is 0 Å². The molecule has 0 unspecified atom stereocenters. The molecule has 5 heteroatoms. The van der Waals surface area contributed by atoms with Gasteiger partial charge in [-0.2, -0.15) is 0 Å². The first-order valence-electron chi connectivity index (χ1n) is 20.2. The van der Waals surface area contributed by atoms with Crippen LogP contribution in [0.1, 0.15) is 18.2 Å². The van der Waals surface area contributed by atoms with Crippen molar-refractivity contribution in [3.63, 3.8) is 0 Å². The van der Waals surface area contributed by atoms with Crippen LogP contribution in [0, 0.1) is 0 Å². The number of allylic oxidation sites excluding steroid dienone is 1. The van der Waals surface area contributed by atoms with Crippen LogP contribution in [0.15, 0.2) is 191 Å². The Hall–Kier alpha value is -7.60. The lowest BCUT2D eigenvalue weighted by Crippen LogP contribution is -2.12. The van der Waals surface area contributed by atoms with Crippen molar-refractivity contribution in [2.24, 2.45) is 0 Å². The molecule has 4 heterocycles. The van der Waals surface area contributed by atoms with Gasteiger partial charge in [-0.1, -0.05) is 116 Å². The molecule has 0 spiro atoms. The van der Waals surface area contributed by atoms with Gasteiger partial charge in [-0.25, -0.2) is 0 Å². The number of rotatable bonds is 7. The van der Waals surface area contributed by atoms with E-state index in [2.05, 4.69) is 193 Å². The summed E-state index contributed by atoms with van der Waals surface area (Å²) in [5.41, 5.74) is 13.0. The van der Waals surface area contributed by atoms with E-state index in [1.807, 2.05) is 29.5 Å². The highest BCUT2D eigenvalue weighted by atomic mass is 32.1. The summed E-state index contributed by atoms with van der Waals surface area (Å²) in [7, 11) is 0. The van der Waals surface area contributed by atoms with E-state index in [0.29, 0.717) is 0 Å². The highest BCUT2D eigenvalue weighted by Crippen LogP contribution is 2.47. The normalized spacial score (nSPS) is 12.1. The van der Waals surface area contributed by atoms with Crippen molar-refractivity contribution in [2.75, 3.05) is 4.90 Å². The molecule has 4 nitrogen and oxygen atoms in total. The van der Waals surface area contributed by atoms with Crippen LogP contribution in [-0.2, 0) is 0 Å². The maximum absolute atomic E-state index is 7.04. The average Bonchev–Trinajstić information content (AvgIpc) is 4.05. The van der Waals surface area contributed by atoms with Gasteiger partial charge in [0.1, 0.15) is 22.3 Å². The molecule has 0 aliphatic carbocycles. The number of nitrogens with zero attached hydrogens (tertiary/aromatic N) is 2. The molecule has 0 fully saturated rings. The topological polar surface area (TPSA) is 34.5 Å². The Bertz CT molecular complexity index is 3710. The zero-order valence-corrected chi connectivity index (χ0v) is 33.5. The molecule has 0 amide bonds. The van der Waals surface area contributed by atoms with E-state index in [4.69, 9.17) is 8.83 Å². The Labute approximate surface area is 349 Å². The summed E-state index contributed by atoms with van der Waals surface area (Å²) in [4.78, 5) is 2.36. The lowest BCUT2D eigenvalue weighted by atomic mass is 9.97. The van der Waals surface area contributed by atoms with Gasteiger partial charge >= 0.3 is 0 Å². The first kappa shape index (κ1) is 34.4. The number of anilines is 3. The maximum atomic E-state index is 7.04. The average molecular weight is 789 g/mol. The molecule has 0 saturated carbocycles. The molecule has 12 aromatic rings. The zero-order chi connectivity index (χ0) is 39.9. The molecule has 0 aliphatic rings. The van der Waals surface area contributed by atoms with Crippen LogP contribution < -0.4 is 4.90 Å². The van der Waals surface area contributed by atoms with Gasteiger partial charge in [0, 0.05) is 81.4 Å². The molecule has 0 atom stereocenters. The largest absolute Gasteiger partial charge is 0.456 e. The summed E-state index contributed by atoms with van der Waals surface area (Å²) in [5, 5.41) is 7.96. The van der Waals surface area contributed by atoms with E-state index >= 15 is 0 Å². The van der Waals surface area contributed by atoms with Crippen LogP contribution in [0.5, 0.6) is 0 Å². The van der Waals surface area contributed by atoms with Gasteiger partial charge in [-0.3, -0.25) is 0 Å². The SMILES string of the molecule is C=Cc1c(/C=C\C)n(-c2ccccc2)c2c(N(c3ccc4c(c3)oc3c(-c5cccc6sc7ccccc7c56)cccc34)c3ccc4oc5ccccc5c4c3)cccc12. The van der Waals surface area contributed by atoms with Crippen LogP contribution in [0.25, 0.3) is 104 Å². The Balaban J connectivity index is 1.13. The highest BCUT2D eigenvalue weighted by molar-refractivity contribution is 7.25. The molecule has 0 N–H and O–H groups in total. The monoisotopic (exact) mass is 788 g/mol. The quantitative estimate of drug-likeness (QED) is 0.161. The summed E-state index contributed by atoms with van der Waals surface area (Å²) >= 11 is 1.84. The molecule has 0 bridgehead atoms. The second-order valence-corrected chi connectivity index (χ2v) is 16.3. The minimum Gasteiger partial charge on any atom is -0.456 e. The molecular formula is C55H36N2O2S. The third-order valence-electron chi connectivity index (χ3n) is 11.9. The maximum Gasteiger partial charge on any atom is 0.143 e. The lowest BCUT2D eigenvalue weighted by Gasteiger charge is -2.27. The zero-order valence-electron chi connectivity index (χ0n) is 32.7. The fourth-order valence-corrected chi connectivity index (χ4v) is 10.5. The van der Waals surface area contributed by atoms with Crippen LogP contribution in [0.4, 0.5) is 17.1 Å². The molecule has 0 saturated heterocycles. The van der Waals surface area contributed by atoms with Crippen molar-refractivity contribution in [3.05, 3.63) is 194 Å². The summed E-state index contributed by atoms with van der Waals surface area (Å²) in [5.74, 6) is 0. The summed E-state index contributed by atoms with van der Waals surface area (Å²) in [6, 6.07) is 60.4. The number of benzene rings is 8. The Morgan fingerprint density at radius 3 is 2.12 bits per heavy atom. The van der Waals surface area contributed by atoms with Gasteiger partial charge in [-0.05, 0) is 85.3 Å². The molecule has 4 aromatic heterocycles. The third kappa shape index (κ3) is 5.09. The number of fused-ring (bicyclic) bond motifs is 10. The van der Waals surface area contributed by atoms with Crippen LogP contribution in [0.3, 0.4) is 0 Å². The Morgan fingerprint density at radius 2 is 1.23 bits per heavy atom. The molecule has 12 rings (SSSR count). The summed E-state index contributed by atoms with van der Waals surface area (Å²) in [6.07, 6.45) is 6.26. The van der Waals surface area contributed by atoms with E-state index in [-0.39, 0.29) is 0 Å². The van der Waals surface area contributed by atoms with Crippen LogP contribution in [-0.4, -0.2) is 4.57 Å². The minimum atomic E-state index is 0.823. The summed E-state index contributed by atoms with van der Waals surface area (Å²) < 4.78 is 18.3. The Morgan fingerprint density at radius 1 is 0.550 bits per heavy atom. The number of furan rings is 2. The highest BCUT2D eigenvalue weighted by Gasteiger charge is 2.25. The van der Waals surface area contributed by atoms with Gasteiger partial charge < -0.3 is 18.3 Å². The standard InChI is InChI=1S/C55H36N2O2S/c1-3-15-46-37(4-2)41-21-13-24-47(54(41)57(46)34-16-6-5-7-17-34)56(35-29-31-49-45(32-35)38-18-8-10-25-48(38)58-49)36-28-30-39-42-22-12-23-43(55(42)59-50(39)33-36)40-20-14-27-52-53(40)44-19-9-11-26-51(44)60-52/h3-33H,2H2,1H3/b15-3-. The number of hydrogen-bond acceptors (Lipinski definition) is 4. The van der Waals surface area contributed by atoms with Gasteiger partial charge in [0.2, 0.25) is 0 Å². The van der Waals surface area contributed by atoms with E-state index < -0.39 is 0 Å². The first-order chi connectivity index (χ1) is 29.7. The minimum absolute atomic E-state index is 0.823. The van der Waals surface area contributed by atoms with E-state index in [9.17, 15) is 0 Å². The second kappa shape index (κ2) is 13.5. The Kier molecular flexibility index (Phi) is 7.74. The first-order valence-corrected chi connectivity index (χ1v) is 21.1. The molecule has 0 radical (unpaired) electrons. The van der Waals surface area contributed by atoms with Crippen LogP contribution >= 0.6 is 11.3 Å². The third-order valence-corrected chi connectivity index (χ3v) is 13.0. The van der Waals surface area contributed by atoms with E-state index in [0.717, 1.165) is 94.4 Å². The van der Waals surface area contributed by atoms with Crippen LogP contribution in [0.2, 0.25) is 0 Å². The van der Waals surface area contributed by atoms with Crippen molar-refractivity contribution in [1.82, 2.24) is 4.57 Å². The van der Waals surface area contributed by atoms with Crippen molar-refractivity contribution < 1.29 is 8.83 Å². The number of hydrogen-bond donors (Lipinski definition) is 0. The van der Waals surface area contributed by atoms with Crippen molar-refractivity contribution in [3.8, 4) is 16.8 Å². The lowest BCUT2D eigenvalue weighted by molar-refractivity contribution is 0.668. The number of aromatic nitrogens is 1. The molecule has 284 valence electrons. The molecular weight excluding hydrogens is 753 g/mol. The van der Waals surface area contributed by atoms with E-state index in [1.165, 1.54) is 25.7 Å². The summed E-state index contributed by atoms with van der Waals surface area (Å²) in [6.45, 7) is 6.37. The van der Waals surface area contributed by atoms with Gasteiger partial charge in [-0.15, -0.1) is 11.3 Å². The smallest absolute Gasteiger partial charge is 0.143 e. The van der Waals surface area contributed by atoms with Crippen molar-refractivity contribution >= 4 is 116 Å². The number of thiophene rings is 1. The fourth-order valence-electron chi connectivity index (χ4n) is 9.34. The van der Waals surface area contributed by atoms with Gasteiger partial charge in [0.05, 0.1) is 16.9 Å². The molecule has 8 aromatic carbocycles. The predicted molar refractivity (Wildman–Crippen MR) is 256 cm³/mol. The van der Waals surface area contributed by atoms with Gasteiger partial charge in [0.25, 0.3) is 0 Å². The second-order valence-electron chi connectivity index (χ2n) is 15.2. The molecule has 0 aliphatic heterocycles. The van der Waals surface area contributed by atoms with Crippen molar-refractivity contribution in [1.29, 1.82) is 0 Å². The number of para-hydroxylation sites is 4. The predicted octanol–water partition coefficient (Wildman–Crippen LogP) is 16.6. The molecule has 60 heavy (non-hydrogen) atoms. The fraction of sp³-hybridized carbons (Fsp3) is 0.0182. The van der Waals surface area contributed by atoms with E-state index in [1.54, 1.807) is 0 Å². The van der Waals surface area contributed by atoms with Crippen molar-refractivity contribution in [2.45, 2.75) is 6.92 Å².